The van der Waals surface area contributed by atoms with Crippen LogP contribution in [0.1, 0.15) is 26.7 Å². The van der Waals surface area contributed by atoms with Gasteiger partial charge in [0.05, 0.1) is 0 Å². The zero-order valence-corrected chi connectivity index (χ0v) is 9.58. The number of likely N-dealkylation sites (N-methyl/N-ethyl adjacent to an activating group) is 1. The van der Waals surface area contributed by atoms with Gasteiger partial charge < -0.3 is 16.0 Å². The molecule has 0 fully saturated rings. The van der Waals surface area contributed by atoms with Crippen molar-refractivity contribution in [2.75, 3.05) is 26.2 Å². The lowest BCUT2D eigenvalue weighted by molar-refractivity contribution is -0.125. The summed E-state index contributed by atoms with van der Waals surface area (Å²) < 4.78 is 0. The Labute approximate surface area is 91.0 Å². The van der Waals surface area contributed by atoms with E-state index in [2.05, 4.69) is 24.1 Å². The fourth-order valence-electron chi connectivity index (χ4n) is 1.22. The number of carbonyl (C=O) groups excluding carboxylic acids is 2. The highest BCUT2D eigenvalue weighted by molar-refractivity contribution is 5.82. The molecule has 0 aromatic heterocycles. The summed E-state index contributed by atoms with van der Waals surface area (Å²) in [5.74, 6) is -0.546. The number of carbonyl (C=O) groups is 2. The molecule has 0 spiro atoms. The minimum atomic E-state index is -0.436. The van der Waals surface area contributed by atoms with Gasteiger partial charge in [-0.25, -0.2) is 0 Å². The predicted octanol–water partition coefficient (Wildman–Crippen LogP) is -0.290. The van der Waals surface area contributed by atoms with Crippen LogP contribution in [0.2, 0.25) is 0 Å². The van der Waals surface area contributed by atoms with E-state index >= 15 is 0 Å². The molecule has 0 heterocycles. The van der Waals surface area contributed by atoms with Gasteiger partial charge in [0, 0.05) is 25.9 Å². The highest BCUT2D eigenvalue weighted by Crippen LogP contribution is 1.88. The van der Waals surface area contributed by atoms with Crippen LogP contribution in [0.5, 0.6) is 0 Å². The molecule has 2 amide bonds. The normalized spacial score (nSPS) is 10.3. The monoisotopic (exact) mass is 215 g/mol. The maximum atomic E-state index is 11.2. The molecule has 5 nitrogen and oxygen atoms in total. The number of nitrogens with zero attached hydrogens (tertiary/aromatic N) is 1. The summed E-state index contributed by atoms with van der Waals surface area (Å²) in [7, 11) is 0. The third-order valence-corrected chi connectivity index (χ3v) is 2.24. The minimum Gasteiger partial charge on any atom is -0.370 e. The maximum absolute atomic E-state index is 11.2. The first kappa shape index (κ1) is 13.9. The van der Waals surface area contributed by atoms with Gasteiger partial charge in [0.2, 0.25) is 11.8 Å². The Balaban J connectivity index is 3.49. The van der Waals surface area contributed by atoms with Crippen LogP contribution in [-0.2, 0) is 9.59 Å². The van der Waals surface area contributed by atoms with E-state index in [9.17, 15) is 9.59 Å². The van der Waals surface area contributed by atoms with Crippen molar-refractivity contribution >= 4 is 11.8 Å². The van der Waals surface area contributed by atoms with E-state index in [0.29, 0.717) is 6.54 Å². The topological polar surface area (TPSA) is 75.4 Å². The summed E-state index contributed by atoms with van der Waals surface area (Å²) in [6.45, 7) is 7.59. The molecule has 0 unspecified atom stereocenters. The number of primary amides is 1. The second kappa shape index (κ2) is 8.23. The van der Waals surface area contributed by atoms with E-state index in [1.165, 1.54) is 0 Å². The van der Waals surface area contributed by atoms with Crippen molar-refractivity contribution in [2.24, 2.45) is 5.73 Å². The molecule has 0 saturated carbocycles. The van der Waals surface area contributed by atoms with Gasteiger partial charge in [0.1, 0.15) is 0 Å². The minimum absolute atomic E-state index is 0.110. The van der Waals surface area contributed by atoms with E-state index in [0.717, 1.165) is 19.6 Å². The number of hydrogen-bond acceptors (Lipinski definition) is 3. The molecular weight excluding hydrogens is 194 g/mol. The Kier molecular flexibility index (Phi) is 7.62. The predicted molar refractivity (Wildman–Crippen MR) is 59.2 cm³/mol. The van der Waals surface area contributed by atoms with Crippen LogP contribution in [0, 0.1) is 0 Å². The summed E-state index contributed by atoms with van der Waals surface area (Å²) >= 11 is 0. The van der Waals surface area contributed by atoms with Crippen LogP contribution in [0.4, 0.5) is 0 Å². The number of rotatable bonds is 8. The molecule has 0 bridgehead atoms. The van der Waals surface area contributed by atoms with Crippen molar-refractivity contribution in [1.29, 1.82) is 0 Å². The van der Waals surface area contributed by atoms with Crippen molar-refractivity contribution in [1.82, 2.24) is 10.2 Å². The van der Waals surface area contributed by atoms with Crippen molar-refractivity contribution in [3.8, 4) is 0 Å². The molecule has 3 N–H and O–H groups in total. The fourth-order valence-corrected chi connectivity index (χ4v) is 1.22. The van der Waals surface area contributed by atoms with Crippen LogP contribution in [0.15, 0.2) is 0 Å². The lowest BCUT2D eigenvalue weighted by Gasteiger charge is -2.17. The zero-order chi connectivity index (χ0) is 11.7. The van der Waals surface area contributed by atoms with Gasteiger partial charge >= 0.3 is 0 Å². The highest BCUT2D eigenvalue weighted by atomic mass is 16.2. The summed E-state index contributed by atoms with van der Waals surface area (Å²) in [5.41, 5.74) is 4.93. The van der Waals surface area contributed by atoms with Gasteiger partial charge in [-0.3, -0.25) is 9.59 Å². The molecule has 0 atom stereocenters. The van der Waals surface area contributed by atoms with Crippen LogP contribution in [0.3, 0.4) is 0 Å². The second-order valence-corrected chi connectivity index (χ2v) is 3.34. The molecule has 15 heavy (non-hydrogen) atoms. The first-order valence-corrected chi connectivity index (χ1v) is 5.37. The smallest absolute Gasteiger partial charge is 0.220 e. The molecule has 0 saturated heterocycles. The molecule has 0 aliphatic carbocycles. The van der Waals surface area contributed by atoms with Gasteiger partial charge in [-0.15, -0.1) is 0 Å². The van der Waals surface area contributed by atoms with Gasteiger partial charge in [-0.2, -0.15) is 0 Å². The summed E-state index contributed by atoms with van der Waals surface area (Å²) in [5, 5.41) is 2.75. The quantitative estimate of drug-likeness (QED) is 0.584. The third-order valence-electron chi connectivity index (χ3n) is 2.24. The molecule has 88 valence electrons. The van der Waals surface area contributed by atoms with Crippen LogP contribution < -0.4 is 11.1 Å². The maximum Gasteiger partial charge on any atom is 0.220 e. The van der Waals surface area contributed by atoms with E-state index in [4.69, 9.17) is 5.73 Å². The largest absolute Gasteiger partial charge is 0.370 e. The Morgan fingerprint density at radius 2 is 1.80 bits per heavy atom. The van der Waals surface area contributed by atoms with Crippen molar-refractivity contribution in [3.63, 3.8) is 0 Å². The lowest BCUT2D eigenvalue weighted by Crippen LogP contribution is -2.35. The van der Waals surface area contributed by atoms with Gasteiger partial charge in [0.25, 0.3) is 0 Å². The SMILES string of the molecule is CCN(CC)CCNC(=O)CCC(N)=O. The standard InChI is InChI=1S/C10H21N3O2/c1-3-13(4-2)8-7-12-10(15)6-5-9(11)14/h3-8H2,1-2H3,(H2,11,14)(H,12,15). The molecule has 5 heteroatoms. The van der Waals surface area contributed by atoms with Crippen molar-refractivity contribution < 1.29 is 9.59 Å². The van der Waals surface area contributed by atoms with Crippen molar-refractivity contribution in [2.45, 2.75) is 26.7 Å². The van der Waals surface area contributed by atoms with Crippen LogP contribution in [0.25, 0.3) is 0 Å². The average molecular weight is 215 g/mol. The number of nitrogens with two attached hydrogens (primary N) is 1. The van der Waals surface area contributed by atoms with Gasteiger partial charge in [0.15, 0.2) is 0 Å². The Morgan fingerprint density at radius 1 is 1.20 bits per heavy atom. The van der Waals surface area contributed by atoms with Crippen molar-refractivity contribution in [3.05, 3.63) is 0 Å². The number of hydrogen-bond donors (Lipinski definition) is 2. The van der Waals surface area contributed by atoms with Crippen LogP contribution >= 0.6 is 0 Å². The molecule has 0 radical (unpaired) electrons. The summed E-state index contributed by atoms with van der Waals surface area (Å²) in [6.07, 6.45) is 0.310. The van der Waals surface area contributed by atoms with Gasteiger partial charge in [-0.1, -0.05) is 13.8 Å². The molecule has 0 aliphatic heterocycles. The van der Waals surface area contributed by atoms with E-state index in [1.54, 1.807) is 0 Å². The molecule has 0 rings (SSSR count). The molecular formula is C10H21N3O2. The molecule has 0 aliphatic rings. The van der Waals surface area contributed by atoms with Crippen LogP contribution in [-0.4, -0.2) is 42.9 Å². The number of amides is 2. The second-order valence-electron chi connectivity index (χ2n) is 3.34. The summed E-state index contributed by atoms with van der Waals surface area (Å²) in [6, 6.07) is 0. The Hall–Kier alpha value is -1.10. The van der Waals surface area contributed by atoms with E-state index in [1.807, 2.05) is 0 Å². The van der Waals surface area contributed by atoms with Gasteiger partial charge in [-0.05, 0) is 13.1 Å². The first-order valence-electron chi connectivity index (χ1n) is 5.37. The van der Waals surface area contributed by atoms with E-state index < -0.39 is 5.91 Å². The van der Waals surface area contributed by atoms with E-state index in [-0.39, 0.29) is 18.7 Å². The number of nitrogens with one attached hydrogen (secondary N) is 1. The molecule has 0 aromatic carbocycles. The summed E-state index contributed by atoms with van der Waals surface area (Å²) in [4.78, 5) is 23.8. The zero-order valence-electron chi connectivity index (χ0n) is 9.58. The molecule has 0 aromatic rings. The lowest BCUT2D eigenvalue weighted by atomic mass is 10.3. The Morgan fingerprint density at radius 3 is 2.27 bits per heavy atom. The average Bonchev–Trinajstić information content (AvgIpc) is 2.21. The fraction of sp³-hybridized carbons (Fsp3) is 0.800. The Bertz CT molecular complexity index is 203. The first-order chi connectivity index (χ1) is 7.10. The third kappa shape index (κ3) is 7.93. The highest BCUT2D eigenvalue weighted by Gasteiger charge is 2.04.